The molecule has 2 rings (SSSR count). The van der Waals surface area contributed by atoms with Crippen LogP contribution in [0.1, 0.15) is 33.1 Å². The van der Waals surface area contributed by atoms with E-state index in [2.05, 4.69) is 0 Å². The van der Waals surface area contributed by atoms with Crippen LogP contribution in [0.15, 0.2) is 35.2 Å². The van der Waals surface area contributed by atoms with Crippen LogP contribution >= 0.6 is 0 Å². The molecule has 0 radical (unpaired) electrons. The van der Waals surface area contributed by atoms with Crippen molar-refractivity contribution in [2.24, 2.45) is 5.41 Å². The normalized spacial score (nSPS) is 18.3. The van der Waals surface area contributed by atoms with Crippen molar-refractivity contribution in [3.05, 3.63) is 30.3 Å². The molecule has 0 aromatic heterocycles. The molecule has 1 N–H and O–H groups in total. The molecule has 7 nitrogen and oxygen atoms in total. The Morgan fingerprint density at radius 2 is 1.65 bits per heavy atom. The average Bonchev–Trinajstić information content (AvgIpc) is 2.62. The Balaban J connectivity index is 1.97. The summed E-state index contributed by atoms with van der Waals surface area (Å²) >= 11 is 0. The summed E-state index contributed by atoms with van der Waals surface area (Å²) in [6.45, 7) is 4.79. The van der Waals surface area contributed by atoms with E-state index in [1.807, 2.05) is 6.92 Å². The van der Waals surface area contributed by atoms with Crippen molar-refractivity contribution in [2.75, 3.05) is 26.2 Å². The van der Waals surface area contributed by atoms with Crippen molar-refractivity contribution in [3.63, 3.8) is 0 Å². The van der Waals surface area contributed by atoms with Crippen molar-refractivity contribution in [3.8, 4) is 0 Å². The number of amides is 1. The summed E-state index contributed by atoms with van der Waals surface area (Å²) in [5.41, 5.74) is -0.587. The highest BCUT2D eigenvalue weighted by atomic mass is 32.2. The zero-order valence-electron chi connectivity index (χ0n) is 15.2. The van der Waals surface area contributed by atoms with Gasteiger partial charge in [0.15, 0.2) is 0 Å². The van der Waals surface area contributed by atoms with Crippen molar-refractivity contribution in [1.29, 1.82) is 0 Å². The Morgan fingerprint density at radius 1 is 1.08 bits per heavy atom. The van der Waals surface area contributed by atoms with E-state index in [-0.39, 0.29) is 36.7 Å². The third-order valence-corrected chi connectivity index (χ3v) is 6.89. The van der Waals surface area contributed by atoms with E-state index in [4.69, 9.17) is 5.11 Å². The lowest BCUT2D eigenvalue weighted by atomic mass is 9.80. The third kappa shape index (κ3) is 4.82. The Bertz CT molecular complexity index is 742. The number of carboxylic acids is 1. The molecule has 0 unspecified atom stereocenters. The number of sulfonamides is 1. The number of benzene rings is 1. The minimum atomic E-state index is -3.55. The van der Waals surface area contributed by atoms with Gasteiger partial charge in [-0.05, 0) is 24.0 Å². The molecule has 1 atom stereocenters. The van der Waals surface area contributed by atoms with Crippen LogP contribution in [0.2, 0.25) is 0 Å². The van der Waals surface area contributed by atoms with Gasteiger partial charge >= 0.3 is 5.97 Å². The molecule has 1 fully saturated rings. The van der Waals surface area contributed by atoms with Gasteiger partial charge in [0, 0.05) is 32.6 Å². The molecular weight excluding hydrogens is 356 g/mol. The molecule has 0 bridgehead atoms. The summed E-state index contributed by atoms with van der Waals surface area (Å²) in [5, 5.41) is 9.04. The summed E-state index contributed by atoms with van der Waals surface area (Å²) in [5.74, 6) is -1.03. The Hall–Kier alpha value is -1.93. The molecule has 26 heavy (non-hydrogen) atoms. The maximum atomic E-state index is 12.6. The second-order valence-electron chi connectivity index (χ2n) is 7.01. The van der Waals surface area contributed by atoms with Crippen LogP contribution in [0.25, 0.3) is 0 Å². The molecule has 0 spiro atoms. The number of hydrogen-bond acceptors (Lipinski definition) is 4. The second kappa shape index (κ2) is 8.18. The van der Waals surface area contributed by atoms with Crippen LogP contribution in [-0.4, -0.2) is 60.8 Å². The van der Waals surface area contributed by atoms with Crippen molar-refractivity contribution < 1.29 is 23.1 Å². The number of rotatable bonds is 7. The fourth-order valence-electron chi connectivity index (χ4n) is 3.07. The minimum Gasteiger partial charge on any atom is -0.481 e. The maximum absolute atomic E-state index is 12.6. The van der Waals surface area contributed by atoms with Gasteiger partial charge in [0.05, 0.1) is 11.3 Å². The Labute approximate surface area is 154 Å². The zero-order valence-corrected chi connectivity index (χ0v) is 16.0. The lowest BCUT2D eigenvalue weighted by molar-refractivity contribution is -0.141. The summed E-state index contributed by atoms with van der Waals surface area (Å²) in [6.07, 6.45) is 0.687. The second-order valence-corrected chi connectivity index (χ2v) is 8.95. The van der Waals surface area contributed by atoms with Gasteiger partial charge in [-0.3, -0.25) is 9.59 Å². The molecule has 1 saturated heterocycles. The standard InChI is InChI=1S/C18H26N2O5S/c1-3-18(2,14-17(22)23)13-16(21)19-9-11-20(12-10-19)26(24,25)15-7-5-4-6-8-15/h4-8H,3,9-14H2,1-2H3,(H,22,23)/t18-/m0/s1. The quantitative estimate of drug-likeness (QED) is 0.776. The molecule has 1 aromatic carbocycles. The van der Waals surface area contributed by atoms with Gasteiger partial charge in [-0.25, -0.2) is 8.42 Å². The van der Waals surface area contributed by atoms with E-state index < -0.39 is 21.4 Å². The molecule has 144 valence electrons. The molecule has 0 aliphatic carbocycles. The summed E-state index contributed by atoms with van der Waals surface area (Å²) in [4.78, 5) is 25.4. The van der Waals surface area contributed by atoms with Crippen LogP contribution < -0.4 is 0 Å². The summed E-state index contributed by atoms with van der Waals surface area (Å²) in [6, 6.07) is 8.25. The largest absolute Gasteiger partial charge is 0.481 e. The number of carbonyl (C=O) groups excluding carboxylic acids is 1. The topological polar surface area (TPSA) is 95.0 Å². The SMILES string of the molecule is CC[C@](C)(CC(=O)O)CC(=O)N1CCN(S(=O)(=O)c2ccccc2)CC1. The first-order valence-corrected chi connectivity index (χ1v) is 10.2. The van der Waals surface area contributed by atoms with E-state index in [1.54, 1.807) is 42.2 Å². The fraction of sp³-hybridized carbons (Fsp3) is 0.556. The van der Waals surface area contributed by atoms with E-state index in [0.29, 0.717) is 19.5 Å². The number of carboxylic acid groups (broad SMARTS) is 1. The van der Waals surface area contributed by atoms with Crippen LogP contribution in [0.3, 0.4) is 0 Å². The molecule has 0 saturated carbocycles. The summed E-state index contributed by atoms with van der Waals surface area (Å²) in [7, 11) is -3.55. The maximum Gasteiger partial charge on any atom is 0.303 e. The average molecular weight is 382 g/mol. The van der Waals surface area contributed by atoms with Gasteiger partial charge in [-0.2, -0.15) is 4.31 Å². The van der Waals surface area contributed by atoms with Crippen LogP contribution in [0.5, 0.6) is 0 Å². The third-order valence-electron chi connectivity index (χ3n) is 4.98. The van der Waals surface area contributed by atoms with Gasteiger partial charge in [-0.1, -0.05) is 32.0 Å². The first-order valence-electron chi connectivity index (χ1n) is 8.73. The van der Waals surface area contributed by atoms with Crippen LogP contribution in [0, 0.1) is 5.41 Å². The molecule has 1 aromatic rings. The lowest BCUT2D eigenvalue weighted by Crippen LogP contribution is -2.51. The molecule has 1 heterocycles. The number of hydrogen-bond donors (Lipinski definition) is 1. The van der Waals surface area contributed by atoms with Gasteiger partial charge in [-0.15, -0.1) is 0 Å². The fourth-order valence-corrected chi connectivity index (χ4v) is 4.52. The van der Waals surface area contributed by atoms with Crippen LogP contribution in [-0.2, 0) is 19.6 Å². The number of piperazine rings is 1. The minimum absolute atomic E-state index is 0.0579. The van der Waals surface area contributed by atoms with Gasteiger partial charge < -0.3 is 10.0 Å². The van der Waals surface area contributed by atoms with E-state index in [0.717, 1.165) is 0 Å². The van der Waals surface area contributed by atoms with Gasteiger partial charge in [0.1, 0.15) is 0 Å². The smallest absolute Gasteiger partial charge is 0.303 e. The molecule has 1 amide bonds. The summed E-state index contributed by atoms with van der Waals surface area (Å²) < 4.78 is 26.6. The van der Waals surface area contributed by atoms with Crippen molar-refractivity contribution >= 4 is 21.9 Å². The molecular formula is C18H26N2O5S. The van der Waals surface area contributed by atoms with E-state index in [1.165, 1.54) is 4.31 Å². The molecule has 1 aliphatic rings. The highest BCUT2D eigenvalue weighted by Gasteiger charge is 2.34. The van der Waals surface area contributed by atoms with Crippen LogP contribution in [0.4, 0.5) is 0 Å². The monoisotopic (exact) mass is 382 g/mol. The molecule has 1 aliphatic heterocycles. The highest BCUT2D eigenvalue weighted by molar-refractivity contribution is 7.89. The number of nitrogens with zero attached hydrogens (tertiary/aromatic N) is 2. The van der Waals surface area contributed by atoms with Gasteiger partial charge in [0.25, 0.3) is 0 Å². The predicted octanol–water partition coefficient (Wildman–Crippen LogP) is 1.80. The Kier molecular flexibility index (Phi) is 6.41. The zero-order chi connectivity index (χ0) is 19.4. The first-order chi connectivity index (χ1) is 12.2. The Morgan fingerprint density at radius 3 is 2.15 bits per heavy atom. The number of carbonyl (C=O) groups is 2. The first kappa shape index (κ1) is 20.4. The molecule has 8 heteroatoms. The van der Waals surface area contributed by atoms with Crippen molar-refractivity contribution in [1.82, 2.24) is 9.21 Å². The van der Waals surface area contributed by atoms with E-state index in [9.17, 15) is 18.0 Å². The van der Waals surface area contributed by atoms with Crippen molar-refractivity contribution in [2.45, 2.75) is 38.0 Å². The van der Waals surface area contributed by atoms with Gasteiger partial charge in [0.2, 0.25) is 15.9 Å². The predicted molar refractivity (Wildman–Crippen MR) is 97.0 cm³/mol. The van der Waals surface area contributed by atoms with E-state index >= 15 is 0 Å². The number of aliphatic carboxylic acids is 1. The lowest BCUT2D eigenvalue weighted by Gasteiger charge is -2.36. The highest BCUT2D eigenvalue weighted by Crippen LogP contribution is 2.31.